The Bertz CT molecular complexity index is 1190. The van der Waals surface area contributed by atoms with Gasteiger partial charge in [-0.2, -0.15) is 0 Å². The minimum Gasteiger partial charge on any atom is -0.338 e. The number of thiophene rings is 1. The second-order valence-corrected chi connectivity index (χ2v) is 9.22. The fourth-order valence-electron chi connectivity index (χ4n) is 3.87. The van der Waals surface area contributed by atoms with Crippen LogP contribution < -0.4 is 5.32 Å². The lowest BCUT2D eigenvalue weighted by atomic mass is 9.97. The Hall–Kier alpha value is -2.14. The lowest BCUT2D eigenvalue weighted by Gasteiger charge is -2.14. The maximum absolute atomic E-state index is 6.43. The van der Waals surface area contributed by atoms with Crippen molar-refractivity contribution in [2.45, 2.75) is 32.1 Å². The molecule has 6 heteroatoms. The van der Waals surface area contributed by atoms with E-state index in [-0.39, 0.29) is 0 Å². The summed E-state index contributed by atoms with van der Waals surface area (Å²) in [5.41, 5.74) is 3.40. The predicted molar refractivity (Wildman–Crippen MR) is 123 cm³/mol. The summed E-state index contributed by atoms with van der Waals surface area (Å²) in [6.07, 6.45) is 5.37. The molecule has 3 nitrogen and oxygen atoms in total. The Morgan fingerprint density at radius 1 is 0.966 bits per heavy atom. The molecule has 0 saturated carbocycles. The number of aromatic nitrogens is 2. The molecule has 2 aromatic heterocycles. The van der Waals surface area contributed by atoms with Gasteiger partial charge in [-0.1, -0.05) is 53.5 Å². The van der Waals surface area contributed by atoms with Gasteiger partial charge in [0, 0.05) is 16.3 Å². The van der Waals surface area contributed by atoms with Crippen molar-refractivity contribution in [3.8, 4) is 0 Å². The molecule has 4 aromatic rings. The van der Waals surface area contributed by atoms with Crippen LogP contribution in [0.5, 0.6) is 0 Å². The third-order valence-electron chi connectivity index (χ3n) is 5.25. The molecule has 0 fully saturated rings. The van der Waals surface area contributed by atoms with Crippen LogP contribution in [0.3, 0.4) is 0 Å². The van der Waals surface area contributed by atoms with Gasteiger partial charge in [0.15, 0.2) is 0 Å². The Morgan fingerprint density at radius 2 is 1.79 bits per heavy atom. The van der Waals surface area contributed by atoms with Crippen LogP contribution in [0.1, 0.15) is 34.7 Å². The number of nitrogens with zero attached hydrogens (tertiary/aromatic N) is 2. The average molecular weight is 440 g/mol. The van der Waals surface area contributed by atoms with Crippen molar-refractivity contribution >= 4 is 56.3 Å². The first-order chi connectivity index (χ1) is 14.2. The Kier molecular flexibility index (Phi) is 5.17. The van der Waals surface area contributed by atoms with Crippen molar-refractivity contribution in [1.29, 1.82) is 0 Å². The molecule has 0 radical (unpaired) electrons. The summed E-state index contributed by atoms with van der Waals surface area (Å²) in [5.74, 6) is 1.65. The highest BCUT2D eigenvalue weighted by atomic mass is 35.5. The minimum absolute atomic E-state index is 0.581. The second-order valence-electron chi connectivity index (χ2n) is 7.29. The Labute approximate surface area is 183 Å². The fourth-order valence-corrected chi connectivity index (χ4v) is 5.60. The van der Waals surface area contributed by atoms with E-state index in [4.69, 9.17) is 33.2 Å². The van der Waals surface area contributed by atoms with Crippen LogP contribution in [0, 0.1) is 0 Å². The molecule has 0 amide bonds. The van der Waals surface area contributed by atoms with E-state index in [1.54, 1.807) is 6.07 Å². The van der Waals surface area contributed by atoms with Crippen molar-refractivity contribution in [3.63, 3.8) is 0 Å². The maximum Gasteiger partial charge on any atom is 0.143 e. The second kappa shape index (κ2) is 7.94. The fraction of sp³-hybridized carbons (Fsp3) is 0.217. The summed E-state index contributed by atoms with van der Waals surface area (Å²) in [6.45, 7) is 0. The summed E-state index contributed by atoms with van der Waals surface area (Å²) in [5, 5.41) is 5.81. The molecule has 1 aliphatic rings. The molecule has 0 saturated heterocycles. The highest BCUT2D eigenvalue weighted by Crippen LogP contribution is 2.40. The van der Waals surface area contributed by atoms with Gasteiger partial charge in [-0.25, -0.2) is 9.97 Å². The van der Waals surface area contributed by atoms with Gasteiger partial charge in [0.05, 0.1) is 16.1 Å². The summed E-state index contributed by atoms with van der Waals surface area (Å²) >= 11 is 14.3. The summed E-state index contributed by atoms with van der Waals surface area (Å²) in [6, 6.07) is 15.8. The van der Waals surface area contributed by atoms with Crippen LogP contribution >= 0.6 is 34.5 Å². The van der Waals surface area contributed by atoms with Gasteiger partial charge in [0.25, 0.3) is 0 Å². The van der Waals surface area contributed by atoms with Crippen LogP contribution in [-0.4, -0.2) is 9.97 Å². The quantitative estimate of drug-likeness (QED) is 0.364. The molecule has 1 N–H and O–H groups in total. The molecule has 2 aromatic carbocycles. The monoisotopic (exact) mass is 439 g/mol. The first-order valence-corrected chi connectivity index (χ1v) is 11.3. The van der Waals surface area contributed by atoms with Gasteiger partial charge in [0.1, 0.15) is 16.5 Å². The smallest absolute Gasteiger partial charge is 0.143 e. The van der Waals surface area contributed by atoms with E-state index >= 15 is 0 Å². The summed E-state index contributed by atoms with van der Waals surface area (Å²) in [4.78, 5) is 12.4. The molecule has 146 valence electrons. The molecule has 0 unspecified atom stereocenters. The van der Waals surface area contributed by atoms with E-state index in [2.05, 4.69) is 17.4 Å². The topological polar surface area (TPSA) is 37.8 Å². The maximum atomic E-state index is 6.43. The van der Waals surface area contributed by atoms with Crippen molar-refractivity contribution in [1.82, 2.24) is 9.97 Å². The Morgan fingerprint density at radius 3 is 2.62 bits per heavy atom. The van der Waals surface area contributed by atoms with E-state index in [0.717, 1.165) is 40.4 Å². The number of hydrogen-bond donors (Lipinski definition) is 1. The van der Waals surface area contributed by atoms with E-state index in [0.29, 0.717) is 16.5 Å². The molecule has 29 heavy (non-hydrogen) atoms. The third kappa shape index (κ3) is 3.85. The normalized spacial score (nSPS) is 13.4. The SMILES string of the molecule is Clc1ccc(Nc2nc(Cc3ccccc3)nc3sc4c(c23)CCCC4)c(Cl)c1. The Balaban J connectivity index is 1.63. The van der Waals surface area contributed by atoms with E-state index in [9.17, 15) is 0 Å². The lowest BCUT2D eigenvalue weighted by Crippen LogP contribution is -2.04. The number of rotatable bonds is 4. The molecular weight excluding hydrogens is 421 g/mol. The van der Waals surface area contributed by atoms with E-state index in [1.165, 1.54) is 28.8 Å². The molecule has 2 heterocycles. The van der Waals surface area contributed by atoms with Gasteiger partial charge in [-0.3, -0.25) is 0 Å². The number of aryl methyl sites for hydroxylation is 2. The minimum atomic E-state index is 0.581. The average Bonchev–Trinajstić information content (AvgIpc) is 3.09. The van der Waals surface area contributed by atoms with Crippen molar-refractivity contribution in [3.05, 3.63) is 80.4 Å². The third-order valence-corrected chi connectivity index (χ3v) is 6.98. The van der Waals surface area contributed by atoms with Gasteiger partial charge in [-0.15, -0.1) is 11.3 Å². The highest BCUT2D eigenvalue weighted by molar-refractivity contribution is 7.19. The van der Waals surface area contributed by atoms with Gasteiger partial charge in [-0.05, 0) is 55.0 Å². The molecular formula is C23H19Cl2N3S. The van der Waals surface area contributed by atoms with Crippen molar-refractivity contribution in [2.24, 2.45) is 0 Å². The number of fused-ring (bicyclic) bond motifs is 3. The highest BCUT2D eigenvalue weighted by Gasteiger charge is 2.21. The van der Waals surface area contributed by atoms with Crippen LogP contribution in [0.2, 0.25) is 10.0 Å². The van der Waals surface area contributed by atoms with Gasteiger partial charge in [0.2, 0.25) is 0 Å². The number of anilines is 2. The first-order valence-electron chi connectivity index (χ1n) is 9.74. The number of benzene rings is 2. The zero-order chi connectivity index (χ0) is 19.8. The summed E-state index contributed by atoms with van der Waals surface area (Å²) < 4.78 is 0. The standard InChI is InChI=1S/C23H19Cl2N3S/c24-15-10-11-18(17(25)13-15)26-22-21-16-8-4-5-9-19(16)29-23(21)28-20(27-22)12-14-6-2-1-3-7-14/h1-3,6-7,10-11,13H,4-5,8-9,12H2,(H,26,27,28). The number of nitrogens with one attached hydrogen (secondary N) is 1. The molecule has 0 bridgehead atoms. The van der Waals surface area contributed by atoms with Gasteiger partial charge < -0.3 is 5.32 Å². The lowest BCUT2D eigenvalue weighted by molar-refractivity contribution is 0.700. The van der Waals surface area contributed by atoms with E-state index in [1.807, 2.05) is 41.7 Å². The molecule has 0 spiro atoms. The van der Waals surface area contributed by atoms with Crippen LogP contribution in [0.25, 0.3) is 10.2 Å². The molecule has 1 aliphatic carbocycles. The first kappa shape index (κ1) is 18.9. The van der Waals surface area contributed by atoms with Crippen LogP contribution in [0.15, 0.2) is 48.5 Å². The van der Waals surface area contributed by atoms with Crippen molar-refractivity contribution < 1.29 is 0 Å². The molecule has 5 rings (SSSR count). The molecule has 0 atom stereocenters. The zero-order valence-corrected chi connectivity index (χ0v) is 18.0. The number of hydrogen-bond acceptors (Lipinski definition) is 4. The predicted octanol–water partition coefficient (Wildman–Crippen LogP) is 7.21. The zero-order valence-electron chi connectivity index (χ0n) is 15.7. The van der Waals surface area contributed by atoms with E-state index < -0.39 is 0 Å². The number of halogens is 2. The summed E-state index contributed by atoms with van der Waals surface area (Å²) in [7, 11) is 0. The van der Waals surface area contributed by atoms with Crippen LogP contribution in [0.4, 0.5) is 11.5 Å². The van der Waals surface area contributed by atoms with Crippen LogP contribution in [-0.2, 0) is 19.3 Å². The van der Waals surface area contributed by atoms with Crippen molar-refractivity contribution in [2.75, 3.05) is 5.32 Å². The van der Waals surface area contributed by atoms with Gasteiger partial charge >= 0.3 is 0 Å². The largest absolute Gasteiger partial charge is 0.338 e. The molecule has 0 aliphatic heterocycles.